The van der Waals surface area contributed by atoms with Crippen molar-refractivity contribution < 1.29 is 4.39 Å². The summed E-state index contributed by atoms with van der Waals surface area (Å²) in [7, 11) is 0. The van der Waals surface area contributed by atoms with Gasteiger partial charge in [-0.05, 0) is 48.7 Å². The van der Waals surface area contributed by atoms with Gasteiger partial charge in [-0.15, -0.1) is 0 Å². The zero-order valence-corrected chi connectivity index (χ0v) is 10.4. The normalized spacial score (nSPS) is 12.4. The van der Waals surface area contributed by atoms with Crippen molar-refractivity contribution in [2.75, 3.05) is 0 Å². The van der Waals surface area contributed by atoms with Gasteiger partial charge in [-0.3, -0.25) is 4.98 Å². The minimum atomic E-state index is -0.208. The Labute approximate surface area is 107 Å². The molecule has 18 heavy (non-hydrogen) atoms. The zero-order valence-electron chi connectivity index (χ0n) is 10.4. The number of rotatable bonds is 4. The van der Waals surface area contributed by atoms with E-state index in [-0.39, 0.29) is 11.9 Å². The van der Waals surface area contributed by atoms with Crippen LogP contribution in [0.1, 0.15) is 16.8 Å². The van der Waals surface area contributed by atoms with E-state index in [1.54, 1.807) is 18.3 Å². The van der Waals surface area contributed by atoms with E-state index >= 15 is 0 Å². The fourth-order valence-electron chi connectivity index (χ4n) is 2.00. The summed E-state index contributed by atoms with van der Waals surface area (Å²) in [6, 6.07) is 10.6. The fourth-order valence-corrected chi connectivity index (χ4v) is 2.00. The van der Waals surface area contributed by atoms with E-state index in [1.165, 1.54) is 6.07 Å². The summed E-state index contributed by atoms with van der Waals surface area (Å²) in [6.07, 6.45) is 3.13. The van der Waals surface area contributed by atoms with E-state index < -0.39 is 0 Å². The van der Waals surface area contributed by atoms with Crippen molar-refractivity contribution in [1.29, 1.82) is 0 Å². The second-order valence-corrected chi connectivity index (χ2v) is 4.56. The molecule has 2 rings (SSSR count). The van der Waals surface area contributed by atoms with E-state index in [0.717, 1.165) is 16.8 Å². The first-order chi connectivity index (χ1) is 8.65. The first-order valence-corrected chi connectivity index (χ1v) is 6.05. The molecule has 1 aromatic carbocycles. The standard InChI is InChI=1S/C15H17FN2/c1-11-5-6-13(16)8-12(11)9-14(17)10-15-4-2-3-7-18-15/h2-8,14H,9-10,17H2,1H3. The van der Waals surface area contributed by atoms with Crippen LogP contribution in [0.3, 0.4) is 0 Å². The SMILES string of the molecule is Cc1ccc(F)cc1CC(N)Cc1ccccn1. The molecule has 0 saturated carbocycles. The van der Waals surface area contributed by atoms with Crippen molar-refractivity contribution in [1.82, 2.24) is 4.98 Å². The molecule has 0 bridgehead atoms. The van der Waals surface area contributed by atoms with Gasteiger partial charge in [0, 0.05) is 24.4 Å². The van der Waals surface area contributed by atoms with Gasteiger partial charge < -0.3 is 5.73 Å². The lowest BCUT2D eigenvalue weighted by Gasteiger charge is -2.13. The number of pyridine rings is 1. The molecule has 0 aliphatic rings. The van der Waals surface area contributed by atoms with Crippen LogP contribution < -0.4 is 5.73 Å². The number of benzene rings is 1. The number of aromatic nitrogens is 1. The summed E-state index contributed by atoms with van der Waals surface area (Å²) in [6.45, 7) is 1.97. The van der Waals surface area contributed by atoms with Crippen molar-refractivity contribution in [3.05, 3.63) is 65.2 Å². The monoisotopic (exact) mass is 244 g/mol. The highest BCUT2D eigenvalue weighted by Gasteiger charge is 2.08. The third-order valence-corrected chi connectivity index (χ3v) is 2.99. The minimum Gasteiger partial charge on any atom is -0.327 e. The van der Waals surface area contributed by atoms with Crippen LogP contribution in [0.2, 0.25) is 0 Å². The van der Waals surface area contributed by atoms with Gasteiger partial charge >= 0.3 is 0 Å². The van der Waals surface area contributed by atoms with Gasteiger partial charge in [0.1, 0.15) is 5.82 Å². The van der Waals surface area contributed by atoms with Crippen molar-refractivity contribution in [3.63, 3.8) is 0 Å². The highest BCUT2D eigenvalue weighted by Crippen LogP contribution is 2.13. The Morgan fingerprint density at radius 3 is 2.78 bits per heavy atom. The smallest absolute Gasteiger partial charge is 0.123 e. The van der Waals surface area contributed by atoms with Crippen LogP contribution in [-0.4, -0.2) is 11.0 Å². The second kappa shape index (κ2) is 5.74. The molecule has 0 radical (unpaired) electrons. The van der Waals surface area contributed by atoms with Crippen LogP contribution in [-0.2, 0) is 12.8 Å². The van der Waals surface area contributed by atoms with E-state index in [1.807, 2.05) is 25.1 Å². The largest absolute Gasteiger partial charge is 0.327 e. The number of nitrogens with two attached hydrogens (primary N) is 1. The predicted molar refractivity (Wildman–Crippen MR) is 70.8 cm³/mol. The van der Waals surface area contributed by atoms with Gasteiger partial charge in [0.2, 0.25) is 0 Å². The van der Waals surface area contributed by atoms with Gasteiger partial charge in [-0.2, -0.15) is 0 Å². The Morgan fingerprint density at radius 2 is 2.06 bits per heavy atom. The number of halogens is 1. The molecule has 0 amide bonds. The van der Waals surface area contributed by atoms with Gasteiger partial charge in [-0.1, -0.05) is 12.1 Å². The number of hydrogen-bond donors (Lipinski definition) is 1. The zero-order chi connectivity index (χ0) is 13.0. The Hall–Kier alpha value is -1.74. The Morgan fingerprint density at radius 1 is 1.22 bits per heavy atom. The van der Waals surface area contributed by atoms with Crippen LogP contribution in [0.15, 0.2) is 42.6 Å². The Bertz CT molecular complexity index is 511. The molecule has 0 aliphatic heterocycles. The van der Waals surface area contributed by atoms with E-state index in [9.17, 15) is 4.39 Å². The maximum absolute atomic E-state index is 13.2. The maximum atomic E-state index is 13.2. The first-order valence-electron chi connectivity index (χ1n) is 6.05. The van der Waals surface area contributed by atoms with Crippen LogP contribution in [0.5, 0.6) is 0 Å². The van der Waals surface area contributed by atoms with Gasteiger partial charge in [0.25, 0.3) is 0 Å². The maximum Gasteiger partial charge on any atom is 0.123 e. The molecule has 1 atom stereocenters. The molecule has 1 heterocycles. The molecule has 2 N–H and O–H groups in total. The molecule has 0 saturated heterocycles. The molecule has 3 heteroatoms. The van der Waals surface area contributed by atoms with E-state index in [0.29, 0.717) is 12.8 Å². The number of aryl methyl sites for hydroxylation is 1. The van der Waals surface area contributed by atoms with Gasteiger partial charge in [0.15, 0.2) is 0 Å². The topological polar surface area (TPSA) is 38.9 Å². The van der Waals surface area contributed by atoms with Crippen molar-refractivity contribution >= 4 is 0 Å². The van der Waals surface area contributed by atoms with Gasteiger partial charge in [-0.25, -0.2) is 4.39 Å². The summed E-state index contributed by atoms with van der Waals surface area (Å²) in [5, 5.41) is 0. The molecule has 0 fully saturated rings. The van der Waals surface area contributed by atoms with Crippen molar-refractivity contribution in [2.24, 2.45) is 5.73 Å². The summed E-state index contributed by atoms with van der Waals surface area (Å²) in [5.74, 6) is -0.208. The highest BCUT2D eigenvalue weighted by atomic mass is 19.1. The van der Waals surface area contributed by atoms with Gasteiger partial charge in [0.05, 0.1) is 0 Å². The Kier molecular flexibility index (Phi) is 4.05. The molecule has 2 nitrogen and oxygen atoms in total. The van der Waals surface area contributed by atoms with Crippen molar-refractivity contribution in [3.8, 4) is 0 Å². The first kappa shape index (κ1) is 12.7. The summed E-state index contributed by atoms with van der Waals surface area (Å²) >= 11 is 0. The van der Waals surface area contributed by atoms with Crippen LogP contribution >= 0.6 is 0 Å². The molecular weight excluding hydrogens is 227 g/mol. The summed E-state index contributed by atoms with van der Waals surface area (Å²) in [5.41, 5.74) is 9.11. The molecule has 0 spiro atoms. The lowest BCUT2D eigenvalue weighted by atomic mass is 9.98. The van der Waals surface area contributed by atoms with E-state index in [4.69, 9.17) is 5.73 Å². The number of hydrogen-bond acceptors (Lipinski definition) is 2. The fraction of sp³-hybridized carbons (Fsp3) is 0.267. The molecular formula is C15H17FN2. The van der Waals surface area contributed by atoms with Crippen LogP contribution in [0.4, 0.5) is 4.39 Å². The average Bonchev–Trinajstić information content (AvgIpc) is 2.35. The predicted octanol–water partition coefficient (Wildman–Crippen LogP) is 2.64. The molecule has 0 aliphatic carbocycles. The molecule has 2 aromatic rings. The second-order valence-electron chi connectivity index (χ2n) is 4.56. The third kappa shape index (κ3) is 3.37. The lowest BCUT2D eigenvalue weighted by Crippen LogP contribution is -2.26. The minimum absolute atomic E-state index is 0.0413. The van der Waals surface area contributed by atoms with Crippen LogP contribution in [0, 0.1) is 12.7 Å². The average molecular weight is 244 g/mol. The molecule has 1 unspecified atom stereocenters. The quantitative estimate of drug-likeness (QED) is 0.898. The lowest BCUT2D eigenvalue weighted by molar-refractivity contribution is 0.615. The van der Waals surface area contributed by atoms with E-state index in [2.05, 4.69) is 4.98 Å². The molecule has 94 valence electrons. The Balaban J connectivity index is 2.03. The third-order valence-electron chi connectivity index (χ3n) is 2.99. The summed E-state index contributed by atoms with van der Waals surface area (Å²) in [4.78, 5) is 4.25. The summed E-state index contributed by atoms with van der Waals surface area (Å²) < 4.78 is 13.2. The highest BCUT2D eigenvalue weighted by molar-refractivity contribution is 5.27. The van der Waals surface area contributed by atoms with Crippen molar-refractivity contribution in [2.45, 2.75) is 25.8 Å². The molecule has 1 aromatic heterocycles. The van der Waals surface area contributed by atoms with Crippen LogP contribution in [0.25, 0.3) is 0 Å². The number of nitrogens with zero attached hydrogens (tertiary/aromatic N) is 1.